The van der Waals surface area contributed by atoms with Crippen molar-refractivity contribution in [1.82, 2.24) is 0 Å². The number of rotatable bonds is 10. The second-order valence-electron chi connectivity index (χ2n) is 8.47. The number of unbranched alkanes of at least 4 members (excludes halogenated alkanes) is 2. The Balaban J connectivity index is 1.51. The van der Waals surface area contributed by atoms with Gasteiger partial charge in [0.1, 0.15) is 0 Å². The predicted molar refractivity (Wildman–Crippen MR) is 105 cm³/mol. The highest BCUT2D eigenvalue weighted by Gasteiger charge is 2.24. The van der Waals surface area contributed by atoms with E-state index in [2.05, 4.69) is 13.0 Å². The Kier molecular flexibility index (Phi) is 10.3. The molecule has 2 fully saturated rings. The van der Waals surface area contributed by atoms with Crippen LogP contribution in [0.15, 0.2) is 12.2 Å². The molecule has 2 saturated carbocycles. The minimum Gasteiger partial charge on any atom is -0.378 e. The summed E-state index contributed by atoms with van der Waals surface area (Å²) in [4.78, 5) is 0. The van der Waals surface area contributed by atoms with Crippen LogP contribution in [0.1, 0.15) is 96.8 Å². The molecule has 0 aromatic rings. The van der Waals surface area contributed by atoms with Gasteiger partial charge in [-0.05, 0) is 69.1 Å². The Hall–Kier alpha value is -0.810. The van der Waals surface area contributed by atoms with Gasteiger partial charge in [0.2, 0.25) is 0 Å². The quantitative estimate of drug-likeness (QED) is 0.322. The van der Waals surface area contributed by atoms with Crippen molar-refractivity contribution >= 4 is 0 Å². The molecule has 2 rings (SSSR count). The minimum atomic E-state index is 0.521. The molecule has 0 atom stereocenters. The SMILES string of the molecule is CCCCCC1CCC(COC2CCC(CC/C=C/C#N)CC2)CC1. The summed E-state index contributed by atoms with van der Waals surface area (Å²) in [5, 5.41) is 8.51. The second kappa shape index (κ2) is 12.5. The van der Waals surface area contributed by atoms with Crippen molar-refractivity contribution in [2.75, 3.05) is 6.61 Å². The molecule has 2 nitrogen and oxygen atoms in total. The molecule has 0 N–H and O–H groups in total. The average Bonchev–Trinajstić information content (AvgIpc) is 2.66. The molecular formula is C23H39NO. The maximum Gasteiger partial charge on any atom is 0.0908 e. The summed E-state index contributed by atoms with van der Waals surface area (Å²) >= 11 is 0. The van der Waals surface area contributed by atoms with Crippen molar-refractivity contribution in [2.24, 2.45) is 17.8 Å². The summed E-state index contributed by atoms with van der Waals surface area (Å²) < 4.78 is 6.29. The smallest absolute Gasteiger partial charge is 0.0908 e. The number of ether oxygens (including phenoxy) is 1. The van der Waals surface area contributed by atoms with Crippen LogP contribution < -0.4 is 0 Å². The molecule has 0 saturated heterocycles. The maximum atomic E-state index is 8.51. The molecule has 0 aliphatic heterocycles. The van der Waals surface area contributed by atoms with Gasteiger partial charge in [-0.25, -0.2) is 0 Å². The van der Waals surface area contributed by atoms with Gasteiger partial charge in [-0.1, -0.05) is 51.5 Å². The molecule has 0 aromatic carbocycles. The van der Waals surface area contributed by atoms with E-state index in [1.807, 2.05) is 6.08 Å². The zero-order chi connectivity index (χ0) is 17.7. The predicted octanol–water partition coefficient (Wildman–Crippen LogP) is 6.81. The molecule has 0 spiro atoms. The van der Waals surface area contributed by atoms with E-state index in [1.165, 1.54) is 83.5 Å². The fourth-order valence-electron chi connectivity index (χ4n) is 4.70. The van der Waals surface area contributed by atoms with Crippen molar-refractivity contribution in [3.8, 4) is 6.07 Å². The van der Waals surface area contributed by atoms with Crippen LogP contribution in [0.5, 0.6) is 0 Å². The summed E-state index contributed by atoms with van der Waals surface area (Å²) in [6.07, 6.45) is 23.0. The van der Waals surface area contributed by atoms with Crippen LogP contribution in [-0.4, -0.2) is 12.7 Å². The number of allylic oxidation sites excluding steroid dienone is 2. The largest absolute Gasteiger partial charge is 0.378 e. The summed E-state index contributed by atoms with van der Waals surface area (Å²) in [5.41, 5.74) is 0. The van der Waals surface area contributed by atoms with Gasteiger partial charge in [-0.15, -0.1) is 0 Å². The normalized spacial score (nSPS) is 30.4. The second-order valence-corrected chi connectivity index (χ2v) is 8.47. The third-order valence-corrected chi connectivity index (χ3v) is 6.48. The molecule has 0 unspecified atom stereocenters. The molecule has 0 bridgehead atoms. The summed E-state index contributed by atoms with van der Waals surface area (Å²) in [6.45, 7) is 3.31. The topological polar surface area (TPSA) is 33.0 Å². The van der Waals surface area contributed by atoms with Gasteiger partial charge >= 0.3 is 0 Å². The Morgan fingerprint density at radius 3 is 2.20 bits per heavy atom. The van der Waals surface area contributed by atoms with E-state index < -0.39 is 0 Å². The monoisotopic (exact) mass is 345 g/mol. The third kappa shape index (κ3) is 8.41. The van der Waals surface area contributed by atoms with Gasteiger partial charge in [-0.3, -0.25) is 0 Å². The van der Waals surface area contributed by atoms with E-state index in [0.717, 1.165) is 30.8 Å². The van der Waals surface area contributed by atoms with E-state index in [9.17, 15) is 0 Å². The first-order chi connectivity index (χ1) is 12.3. The Bertz CT molecular complexity index is 395. The van der Waals surface area contributed by atoms with Crippen molar-refractivity contribution < 1.29 is 4.74 Å². The highest BCUT2D eigenvalue weighted by Crippen LogP contribution is 2.34. The van der Waals surface area contributed by atoms with Gasteiger partial charge < -0.3 is 4.74 Å². The van der Waals surface area contributed by atoms with Crippen molar-refractivity contribution in [3.63, 3.8) is 0 Å². The lowest BCUT2D eigenvalue weighted by atomic mass is 9.80. The molecule has 0 amide bonds. The number of hydrogen-bond donors (Lipinski definition) is 0. The van der Waals surface area contributed by atoms with Gasteiger partial charge in [-0.2, -0.15) is 5.26 Å². The number of nitrogens with zero attached hydrogens (tertiary/aromatic N) is 1. The van der Waals surface area contributed by atoms with Crippen LogP contribution in [0.3, 0.4) is 0 Å². The van der Waals surface area contributed by atoms with Crippen molar-refractivity contribution in [1.29, 1.82) is 5.26 Å². The lowest BCUT2D eigenvalue weighted by Crippen LogP contribution is -2.26. The van der Waals surface area contributed by atoms with Crippen LogP contribution >= 0.6 is 0 Å². The molecule has 0 radical (unpaired) electrons. The molecule has 142 valence electrons. The van der Waals surface area contributed by atoms with Gasteiger partial charge in [0.25, 0.3) is 0 Å². The Labute approximate surface area is 156 Å². The first-order valence-electron chi connectivity index (χ1n) is 11.0. The average molecular weight is 346 g/mol. The molecule has 0 aromatic heterocycles. The van der Waals surface area contributed by atoms with Gasteiger partial charge in [0.15, 0.2) is 0 Å². The first-order valence-corrected chi connectivity index (χ1v) is 11.0. The zero-order valence-corrected chi connectivity index (χ0v) is 16.4. The van der Waals surface area contributed by atoms with Crippen LogP contribution in [-0.2, 0) is 4.74 Å². The molecule has 25 heavy (non-hydrogen) atoms. The highest BCUT2D eigenvalue weighted by molar-refractivity contribution is 5.01. The Morgan fingerprint density at radius 2 is 1.52 bits per heavy atom. The van der Waals surface area contributed by atoms with Gasteiger partial charge in [0, 0.05) is 12.7 Å². The molecular weight excluding hydrogens is 306 g/mol. The van der Waals surface area contributed by atoms with E-state index in [-0.39, 0.29) is 0 Å². The van der Waals surface area contributed by atoms with Crippen LogP contribution in [0, 0.1) is 29.1 Å². The van der Waals surface area contributed by atoms with Crippen molar-refractivity contribution in [2.45, 2.75) is 103 Å². The molecule has 2 heteroatoms. The Morgan fingerprint density at radius 1 is 0.880 bits per heavy atom. The zero-order valence-electron chi connectivity index (χ0n) is 16.4. The molecule has 2 aliphatic rings. The van der Waals surface area contributed by atoms with E-state index in [0.29, 0.717) is 6.10 Å². The highest BCUT2D eigenvalue weighted by atomic mass is 16.5. The molecule has 0 heterocycles. The van der Waals surface area contributed by atoms with Crippen LogP contribution in [0.25, 0.3) is 0 Å². The van der Waals surface area contributed by atoms with Crippen LogP contribution in [0.2, 0.25) is 0 Å². The fourth-order valence-corrected chi connectivity index (χ4v) is 4.70. The van der Waals surface area contributed by atoms with E-state index in [1.54, 1.807) is 6.08 Å². The maximum absolute atomic E-state index is 8.51. The standard InChI is InChI=1S/C23H39NO/c1-2-3-5-8-20-10-12-22(13-11-20)19-25-23-16-14-21(15-17-23)9-6-4-7-18-24/h4,7,20-23H,2-3,5-6,8-17,19H2,1H3/b7-4+. The summed E-state index contributed by atoms with van der Waals surface area (Å²) in [6, 6.07) is 2.07. The summed E-state index contributed by atoms with van der Waals surface area (Å²) in [5.74, 6) is 2.69. The van der Waals surface area contributed by atoms with E-state index in [4.69, 9.17) is 10.00 Å². The third-order valence-electron chi connectivity index (χ3n) is 6.48. The fraction of sp³-hybridized carbons (Fsp3) is 0.870. The number of hydrogen-bond acceptors (Lipinski definition) is 2. The van der Waals surface area contributed by atoms with Crippen LogP contribution in [0.4, 0.5) is 0 Å². The first kappa shape index (κ1) is 20.5. The van der Waals surface area contributed by atoms with Crippen molar-refractivity contribution in [3.05, 3.63) is 12.2 Å². The lowest BCUT2D eigenvalue weighted by molar-refractivity contribution is -0.0102. The lowest BCUT2D eigenvalue weighted by Gasteiger charge is -2.32. The summed E-state index contributed by atoms with van der Waals surface area (Å²) in [7, 11) is 0. The number of nitriles is 1. The minimum absolute atomic E-state index is 0.521. The van der Waals surface area contributed by atoms with Gasteiger partial charge in [0.05, 0.1) is 12.2 Å². The van der Waals surface area contributed by atoms with E-state index >= 15 is 0 Å². The molecule has 2 aliphatic carbocycles.